The first kappa shape index (κ1) is 17.1. The van der Waals surface area contributed by atoms with Gasteiger partial charge in [-0.15, -0.1) is 10.2 Å². The van der Waals surface area contributed by atoms with Crippen molar-refractivity contribution in [1.29, 1.82) is 0 Å². The lowest BCUT2D eigenvalue weighted by atomic mass is 10.1. The summed E-state index contributed by atoms with van der Waals surface area (Å²) >= 11 is 5.90. The van der Waals surface area contributed by atoms with Gasteiger partial charge in [0.05, 0.1) is 19.3 Å². The maximum absolute atomic E-state index is 13.1. The number of hydrogen-bond donors (Lipinski definition) is 0. The minimum Gasteiger partial charge on any atom is -0.419 e. The normalized spacial score (nSPS) is 18.2. The Kier molecular flexibility index (Phi) is 4.97. The second-order valence-corrected chi connectivity index (χ2v) is 6.59. The molecule has 7 heteroatoms. The minimum absolute atomic E-state index is 0.0944. The molecule has 3 aromatic rings. The molecule has 26 heavy (non-hydrogen) atoms. The van der Waals surface area contributed by atoms with Crippen LogP contribution in [0.4, 0.5) is 4.39 Å². The molecule has 4 rings (SSSR count). The number of benzene rings is 2. The van der Waals surface area contributed by atoms with Crippen LogP contribution >= 0.6 is 11.6 Å². The molecule has 1 unspecified atom stereocenters. The van der Waals surface area contributed by atoms with E-state index < -0.39 is 0 Å². The Balaban J connectivity index is 1.42. The van der Waals surface area contributed by atoms with Crippen molar-refractivity contribution in [3.8, 4) is 11.5 Å². The van der Waals surface area contributed by atoms with Gasteiger partial charge in [-0.3, -0.25) is 4.90 Å². The Morgan fingerprint density at radius 3 is 2.62 bits per heavy atom. The first-order valence-corrected chi connectivity index (χ1v) is 8.73. The van der Waals surface area contributed by atoms with E-state index in [1.807, 2.05) is 12.1 Å². The molecule has 0 amide bonds. The third-order valence-electron chi connectivity index (χ3n) is 4.31. The standard InChI is InChI=1S/C19H17ClFN3O2/c20-15-5-1-14(2-6-15)19-23-22-18(26-19)12-24-9-10-25-17(11-24)13-3-7-16(21)8-4-13/h1-8,17H,9-12H2. The van der Waals surface area contributed by atoms with Crippen LogP contribution in [0.3, 0.4) is 0 Å². The summed E-state index contributed by atoms with van der Waals surface area (Å²) in [6, 6.07) is 13.7. The third kappa shape index (κ3) is 3.93. The molecule has 2 heterocycles. The number of ether oxygens (including phenoxy) is 1. The van der Waals surface area contributed by atoms with E-state index in [0.717, 1.165) is 17.7 Å². The molecule has 0 bridgehead atoms. The van der Waals surface area contributed by atoms with Crippen LogP contribution in [-0.2, 0) is 11.3 Å². The molecule has 1 aliphatic rings. The van der Waals surface area contributed by atoms with Gasteiger partial charge in [-0.05, 0) is 42.0 Å². The van der Waals surface area contributed by atoms with E-state index in [1.54, 1.807) is 24.3 Å². The summed E-state index contributed by atoms with van der Waals surface area (Å²) in [5, 5.41) is 8.91. The molecule has 5 nitrogen and oxygen atoms in total. The number of rotatable bonds is 4. The molecule has 1 atom stereocenters. The van der Waals surface area contributed by atoms with E-state index >= 15 is 0 Å². The number of halogens is 2. The molecule has 2 aromatic carbocycles. The van der Waals surface area contributed by atoms with Crippen molar-refractivity contribution in [3.05, 3.63) is 70.8 Å². The molecule has 1 fully saturated rings. The second kappa shape index (κ2) is 7.53. The van der Waals surface area contributed by atoms with Gasteiger partial charge < -0.3 is 9.15 Å². The monoisotopic (exact) mass is 373 g/mol. The Morgan fingerprint density at radius 1 is 1.08 bits per heavy atom. The van der Waals surface area contributed by atoms with Crippen molar-refractivity contribution in [2.75, 3.05) is 19.7 Å². The van der Waals surface area contributed by atoms with Gasteiger partial charge in [0, 0.05) is 23.7 Å². The van der Waals surface area contributed by atoms with Crippen LogP contribution in [0.5, 0.6) is 0 Å². The van der Waals surface area contributed by atoms with Crippen LogP contribution < -0.4 is 0 Å². The van der Waals surface area contributed by atoms with Crippen molar-refractivity contribution in [1.82, 2.24) is 15.1 Å². The van der Waals surface area contributed by atoms with Gasteiger partial charge in [0.1, 0.15) is 5.82 Å². The Labute approximate surface area is 155 Å². The van der Waals surface area contributed by atoms with Crippen LogP contribution in [0, 0.1) is 5.82 Å². The van der Waals surface area contributed by atoms with E-state index in [9.17, 15) is 4.39 Å². The second-order valence-electron chi connectivity index (χ2n) is 6.15. The Morgan fingerprint density at radius 2 is 1.85 bits per heavy atom. The molecule has 1 aromatic heterocycles. The van der Waals surface area contributed by atoms with Crippen LogP contribution in [0.2, 0.25) is 5.02 Å². The van der Waals surface area contributed by atoms with Crippen molar-refractivity contribution >= 4 is 11.6 Å². The predicted octanol–water partition coefficient (Wildman–Crippen LogP) is 4.10. The topological polar surface area (TPSA) is 51.4 Å². The molecular weight excluding hydrogens is 357 g/mol. The van der Waals surface area contributed by atoms with E-state index in [1.165, 1.54) is 12.1 Å². The van der Waals surface area contributed by atoms with Crippen LogP contribution in [0.25, 0.3) is 11.5 Å². The Bertz CT molecular complexity index is 867. The van der Waals surface area contributed by atoms with E-state index in [-0.39, 0.29) is 11.9 Å². The summed E-state index contributed by atoms with van der Waals surface area (Å²) in [6.07, 6.45) is -0.0944. The highest BCUT2D eigenvalue weighted by Crippen LogP contribution is 2.25. The van der Waals surface area contributed by atoms with Crippen molar-refractivity contribution in [3.63, 3.8) is 0 Å². The van der Waals surface area contributed by atoms with E-state index in [0.29, 0.717) is 36.5 Å². The van der Waals surface area contributed by atoms with E-state index in [2.05, 4.69) is 15.1 Å². The molecule has 0 spiro atoms. The zero-order chi connectivity index (χ0) is 17.9. The number of aromatic nitrogens is 2. The van der Waals surface area contributed by atoms with Crippen molar-refractivity contribution in [2.45, 2.75) is 12.6 Å². The number of nitrogens with zero attached hydrogens (tertiary/aromatic N) is 3. The highest BCUT2D eigenvalue weighted by molar-refractivity contribution is 6.30. The van der Waals surface area contributed by atoms with E-state index in [4.69, 9.17) is 20.8 Å². The fraction of sp³-hybridized carbons (Fsp3) is 0.263. The quantitative estimate of drug-likeness (QED) is 0.689. The third-order valence-corrected chi connectivity index (χ3v) is 4.56. The highest BCUT2D eigenvalue weighted by Gasteiger charge is 2.23. The fourth-order valence-electron chi connectivity index (χ4n) is 2.94. The molecule has 1 aliphatic heterocycles. The Hall–Kier alpha value is -2.28. The maximum atomic E-state index is 13.1. The summed E-state index contributed by atoms with van der Waals surface area (Å²) in [7, 11) is 0. The molecule has 0 saturated carbocycles. The minimum atomic E-state index is -0.248. The van der Waals surface area contributed by atoms with Crippen LogP contribution in [0.1, 0.15) is 17.6 Å². The van der Waals surface area contributed by atoms with Gasteiger partial charge in [0.25, 0.3) is 0 Å². The molecule has 0 N–H and O–H groups in total. The molecular formula is C19H17ClFN3O2. The summed E-state index contributed by atoms with van der Waals surface area (Å²) < 4.78 is 24.7. The van der Waals surface area contributed by atoms with Gasteiger partial charge in [-0.2, -0.15) is 0 Å². The maximum Gasteiger partial charge on any atom is 0.247 e. The summed E-state index contributed by atoms with van der Waals surface area (Å²) in [6.45, 7) is 2.60. The summed E-state index contributed by atoms with van der Waals surface area (Å²) in [5.41, 5.74) is 1.79. The van der Waals surface area contributed by atoms with Gasteiger partial charge in [-0.1, -0.05) is 23.7 Å². The summed E-state index contributed by atoms with van der Waals surface area (Å²) in [4.78, 5) is 2.19. The van der Waals surface area contributed by atoms with Crippen LogP contribution in [-0.4, -0.2) is 34.8 Å². The van der Waals surface area contributed by atoms with Crippen LogP contribution in [0.15, 0.2) is 52.9 Å². The van der Waals surface area contributed by atoms with Gasteiger partial charge in [-0.25, -0.2) is 4.39 Å². The first-order valence-electron chi connectivity index (χ1n) is 8.35. The lowest BCUT2D eigenvalue weighted by Crippen LogP contribution is -2.37. The average molecular weight is 374 g/mol. The van der Waals surface area contributed by atoms with Gasteiger partial charge in [0.15, 0.2) is 0 Å². The first-order chi connectivity index (χ1) is 12.7. The SMILES string of the molecule is Fc1ccc(C2CN(Cc3nnc(-c4ccc(Cl)cc4)o3)CCO2)cc1. The number of morpholine rings is 1. The number of hydrogen-bond acceptors (Lipinski definition) is 5. The molecule has 0 radical (unpaired) electrons. The smallest absolute Gasteiger partial charge is 0.247 e. The molecule has 0 aliphatic carbocycles. The predicted molar refractivity (Wildman–Crippen MR) is 95.1 cm³/mol. The van der Waals surface area contributed by atoms with Crippen molar-refractivity contribution < 1.29 is 13.5 Å². The van der Waals surface area contributed by atoms with Crippen molar-refractivity contribution in [2.24, 2.45) is 0 Å². The summed E-state index contributed by atoms with van der Waals surface area (Å²) in [5.74, 6) is 0.775. The lowest BCUT2D eigenvalue weighted by Gasteiger charge is -2.32. The zero-order valence-corrected chi connectivity index (χ0v) is 14.7. The largest absolute Gasteiger partial charge is 0.419 e. The van der Waals surface area contributed by atoms with Gasteiger partial charge >= 0.3 is 0 Å². The zero-order valence-electron chi connectivity index (χ0n) is 13.9. The average Bonchev–Trinajstić information content (AvgIpc) is 3.11. The van der Waals surface area contributed by atoms with Gasteiger partial charge in [0.2, 0.25) is 11.8 Å². The fourth-order valence-corrected chi connectivity index (χ4v) is 3.07. The lowest BCUT2D eigenvalue weighted by molar-refractivity contribution is -0.0351. The molecule has 134 valence electrons. The molecule has 1 saturated heterocycles. The highest BCUT2D eigenvalue weighted by atomic mass is 35.5.